The van der Waals surface area contributed by atoms with Crippen molar-refractivity contribution in [2.45, 2.75) is 13.5 Å². The number of rotatable bonds is 4. The Morgan fingerprint density at radius 3 is 3.00 bits per heavy atom. The highest BCUT2D eigenvalue weighted by Crippen LogP contribution is 2.21. The zero-order valence-corrected chi connectivity index (χ0v) is 10.1. The zero-order valence-electron chi connectivity index (χ0n) is 9.30. The van der Waals surface area contributed by atoms with Crippen LogP contribution in [-0.4, -0.2) is 16.1 Å². The number of aromatic carboxylic acids is 1. The van der Waals surface area contributed by atoms with Gasteiger partial charge in [-0.1, -0.05) is 12.1 Å². The van der Waals surface area contributed by atoms with Gasteiger partial charge in [-0.05, 0) is 18.6 Å². The second-order valence-electron chi connectivity index (χ2n) is 3.62. The zero-order chi connectivity index (χ0) is 12.3. The molecule has 0 aliphatic carbocycles. The third kappa shape index (κ3) is 2.62. The van der Waals surface area contributed by atoms with Crippen molar-refractivity contribution in [1.29, 1.82) is 0 Å². The first-order chi connectivity index (χ1) is 8.18. The largest absolute Gasteiger partial charge is 0.478 e. The molecule has 0 saturated carbocycles. The maximum absolute atomic E-state index is 11.1. The van der Waals surface area contributed by atoms with E-state index in [0.717, 1.165) is 10.4 Å². The Kier molecular flexibility index (Phi) is 3.39. The van der Waals surface area contributed by atoms with Gasteiger partial charge in [0.25, 0.3) is 0 Å². The van der Waals surface area contributed by atoms with Crippen LogP contribution in [0.2, 0.25) is 0 Å². The van der Waals surface area contributed by atoms with Crippen LogP contribution in [-0.2, 0) is 6.54 Å². The van der Waals surface area contributed by atoms with Gasteiger partial charge in [0, 0.05) is 11.1 Å². The first kappa shape index (κ1) is 11.6. The van der Waals surface area contributed by atoms with Crippen molar-refractivity contribution < 1.29 is 9.90 Å². The van der Waals surface area contributed by atoms with Crippen LogP contribution >= 0.6 is 11.3 Å². The Balaban J connectivity index is 2.22. The molecule has 0 spiro atoms. The third-order valence-electron chi connectivity index (χ3n) is 2.43. The topological polar surface area (TPSA) is 62.2 Å². The van der Waals surface area contributed by atoms with E-state index >= 15 is 0 Å². The number of carboxylic acid groups (broad SMARTS) is 1. The number of carboxylic acids is 1. The minimum absolute atomic E-state index is 0.300. The van der Waals surface area contributed by atoms with Gasteiger partial charge in [-0.25, -0.2) is 4.79 Å². The summed E-state index contributed by atoms with van der Waals surface area (Å²) in [5, 5.41) is 12.3. The molecule has 1 aromatic heterocycles. The minimum atomic E-state index is -0.916. The van der Waals surface area contributed by atoms with E-state index in [9.17, 15) is 4.79 Å². The number of para-hydroxylation sites is 1. The van der Waals surface area contributed by atoms with Crippen LogP contribution in [0.1, 0.15) is 20.8 Å². The summed E-state index contributed by atoms with van der Waals surface area (Å²) in [5.41, 5.74) is 3.66. The van der Waals surface area contributed by atoms with Crippen molar-refractivity contribution in [3.05, 3.63) is 45.9 Å². The summed E-state index contributed by atoms with van der Waals surface area (Å²) in [7, 11) is 0. The Labute approximate surface area is 103 Å². The van der Waals surface area contributed by atoms with Crippen LogP contribution < -0.4 is 5.32 Å². The van der Waals surface area contributed by atoms with Gasteiger partial charge in [0.05, 0.1) is 23.3 Å². The molecule has 1 aromatic carbocycles. The standard InChI is InChI=1S/C12H12N2O2S/c1-8-3-2-4-10(12(15)16)11(8)14-6-9-5-13-7-17-9/h2-5,7,14H,6H2,1H3,(H,15,16). The summed E-state index contributed by atoms with van der Waals surface area (Å²) in [6, 6.07) is 5.24. The van der Waals surface area contributed by atoms with Crippen molar-refractivity contribution in [2.24, 2.45) is 0 Å². The van der Waals surface area contributed by atoms with Gasteiger partial charge in [0.2, 0.25) is 0 Å². The lowest BCUT2D eigenvalue weighted by Crippen LogP contribution is -2.07. The smallest absolute Gasteiger partial charge is 0.337 e. The van der Waals surface area contributed by atoms with Gasteiger partial charge in [0.1, 0.15) is 0 Å². The van der Waals surface area contributed by atoms with Crippen molar-refractivity contribution in [3.63, 3.8) is 0 Å². The number of aryl methyl sites for hydroxylation is 1. The normalized spacial score (nSPS) is 10.2. The summed E-state index contributed by atoms with van der Waals surface area (Å²) in [5.74, 6) is -0.916. The number of hydrogen-bond acceptors (Lipinski definition) is 4. The molecule has 2 aromatic rings. The maximum Gasteiger partial charge on any atom is 0.337 e. The first-order valence-corrected chi connectivity index (χ1v) is 6.00. The second-order valence-corrected chi connectivity index (χ2v) is 4.59. The molecule has 5 heteroatoms. The molecule has 0 unspecified atom stereocenters. The highest BCUT2D eigenvalue weighted by Gasteiger charge is 2.11. The Bertz CT molecular complexity index is 523. The molecule has 4 nitrogen and oxygen atoms in total. The monoisotopic (exact) mass is 248 g/mol. The molecule has 2 N–H and O–H groups in total. The highest BCUT2D eigenvalue weighted by atomic mass is 32.1. The summed E-state index contributed by atoms with van der Waals surface area (Å²) in [4.78, 5) is 16.1. The lowest BCUT2D eigenvalue weighted by atomic mass is 10.1. The molecular weight excluding hydrogens is 236 g/mol. The van der Waals surface area contributed by atoms with Gasteiger partial charge in [-0.3, -0.25) is 4.98 Å². The van der Waals surface area contributed by atoms with Gasteiger partial charge < -0.3 is 10.4 Å². The van der Waals surface area contributed by atoms with Crippen molar-refractivity contribution in [1.82, 2.24) is 4.98 Å². The minimum Gasteiger partial charge on any atom is -0.478 e. The highest BCUT2D eigenvalue weighted by molar-refractivity contribution is 7.09. The van der Waals surface area contributed by atoms with Crippen molar-refractivity contribution in [2.75, 3.05) is 5.32 Å². The molecule has 0 aliphatic rings. The van der Waals surface area contributed by atoms with Crippen LogP contribution in [0.25, 0.3) is 0 Å². The predicted octanol–water partition coefficient (Wildman–Crippen LogP) is 2.76. The molecule has 1 heterocycles. The number of hydrogen-bond donors (Lipinski definition) is 2. The van der Waals surface area contributed by atoms with Crippen molar-refractivity contribution >= 4 is 23.0 Å². The van der Waals surface area contributed by atoms with E-state index in [-0.39, 0.29) is 0 Å². The van der Waals surface area contributed by atoms with E-state index in [4.69, 9.17) is 5.11 Å². The van der Waals surface area contributed by atoms with Crippen molar-refractivity contribution in [3.8, 4) is 0 Å². The molecule has 0 bridgehead atoms. The van der Waals surface area contributed by atoms with Crippen LogP contribution in [0.3, 0.4) is 0 Å². The predicted molar refractivity (Wildman–Crippen MR) is 67.6 cm³/mol. The molecule has 17 heavy (non-hydrogen) atoms. The first-order valence-electron chi connectivity index (χ1n) is 5.12. The van der Waals surface area contributed by atoms with E-state index in [1.54, 1.807) is 35.2 Å². The van der Waals surface area contributed by atoms with Crippen LogP contribution in [0.4, 0.5) is 5.69 Å². The molecule has 2 rings (SSSR count). The van der Waals surface area contributed by atoms with E-state index < -0.39 is 5.97 Å². The molecule has 0 radical (unpaired) electrons. The van der Waals surface area contributed by atoms with Crippen LogP contribution in [0, 0.1) is 6.92 Å². The Morgan fingerprint density at radius 2 is 2.35 bits per heavy atom. The number of nitrogens with one attached hydrogen (secondary N) is 1. The number of thiazole rings is 1. The summed E-state index contributed by atoms with van der Waals surface area (Å²) < 4.78 is 0. The number of nitrogens with zero attached hydrogens (tertiary/aromatic N) is 1. The maximum atomic E-state index is 11.1. The fraction of sp³-hybridized carbons (Fsp3) is 0.167. The molecule has 0 saturated heterocycles. The molecule has 0 aliphatic heterocycles. The Hall–Kier alpha value is -1.88. The number of aromatic nitrogens is 1. The van der Waals surface area contributed by atoms with Crippen LogP contribution in [0.5, 0.6) is 0 Å². The fourth-order valence-corrected chi connectivity index (χ4v) is 2.12. The summed E-state index contributed by atoms with van der Waals surface area (Å²) in [6.07, 6.45) is 1.77. The average molecular weight is 248 g/mol. The summed E-state index contributed by atoms with van der Waals surface area (Å²) >= 11 is 1.54. The van der Waals surface area contributed by atoms with E-state index in [1.807, 2.05) is 13.0 Å². The SMILES string of the molecule is Cc1cccc(C(=O)O)c1NCc1cncs1. The molecular formula is C12H12N2O2S. The van der Waals surface area contributed by atoms with Crippen LogP contribution in [0.15, 0.2) is 29.9 Å². The number of carbonyl (C=O) groups is 1. The van der Waals surface area contributed by atoms with E-state index in [0.29, 0.717) is 17.8 Å². The fourth-order valence-electron chi connectivity index (χ4n) is 1.59. The Morgan fingerprint density at radius 1 is 1.53 bits per heavy atom. The quantitative estimate of drug-likeness (QED) is 0.873. The number of benzene rings is 1. The van der Waals surface area contributed by atoms with E-state index in [2.05, 4.69) is 10.3 Å². The molecule has 0 fully saturated rings. The average Bonchev–Trinajstić information content (AvgIpc) is 2.80. The number of anilines is 1. The van der Waals surface area contributed by atoms with Gasteiger partial charge in [0.15, 0.2) is 0 Å². The van der Waals surface area contributed by atoms with Gasteiger partial charge in [-0.2, -0.15) is 0 Å². The van der Waals surface area contributed by atoms with Gasteiger partial charge >= 0.3 is 5.97 Å². The van der Waals surface area contributed by atoms with E-state index in [1.165, 1.54) is 0 Å². The summed E-state index contributed by atoms with van der Waals surface area (Å²) in [6.45, 7) is 2.48. The molecule has 88 valence electrons. The lowest BCUT2D eigenvalue weighted by molar-refractivity contribution is 0.0698. The molecule has 0 amide bonds. The third-order valence-corrected chi connectivity index (χ3v) is 3.21. The lowest BCUT2D eigenvalue weighted by Gasteiger charge is -2.11. The second kappa shape index (κ2) is 4.97. The van der Waals surface area contributed by atoms with Gasteiger partial charge in [-0.15, -0.1) is 11.3 Å². The molecule has 0 atom stereocenters.